The maximum Gasteiger partial charge on any atom is 0.419 e. The molecule has 0 spiro atoms. The van der Waals surface area contributed by atoms with Gasteiger partial charge in [0.1, 0.15) is 0 Å². The van der Waals surface area contributed by atoms with Crippen molar-refractivity contribution in [3.8, 4) is 0 Å². The van der Waals surface area contributed by atoms with E-state index < -0.39 is 0 Å². The average Bonchev–Trinajstić information content (AvgIpc) is 3.04. The van der Waals surface area contributed by atoms with E-state index in [1.54, 1.807) is 7.05 Å². The summed E-state index contributed by atoms with van der Waals surface area (Å²) in [6, 6.07) is 5.69. The minimum absolute atomic E-state index is 0.0679. The lowest BCUT2D eigenvalue weighted by Gasteiger charge is -2.11. The quantitative estimate of drug-likeness (QED) is 0.824. The molecule has 1 saturated carbocycles. The van der Waals surface area contributed by atoms with E-state index in [-0.39, 0.29) is 17.8 Å². The van der Waals surface area contributed by atoms with E-state index in [0.29, 0.717) is 5.58 Å². The molecule has 1 aromatic heterocycles. The summed E-state index contributed by atoms with van der Waals surface area (Å²) in [5.74, 6) is -0.346. The molecule has 1 aromatic carbocycles. The van der Waals surface area contributed by atoms with Crippen molar-refractivity contribution in [2.24, 2.45) is 7.05 Å². The van der Waals surface area contributed by atoms with Gasteiger partial charge in [-0.05, 0) is 30.5 Å². The number of oxazole rings is 1. The maximum atomic E-state index is 11.3. The van der Waals surface area contributed by atoms with Gasteiger partial charge in [0.25, 0.3) is 0 Å². The Morgan fingerprint density at radius 2 is 2.25 bits per heavy atom. The summed E-state index contributed by atoms with van der Waals surface area (Å²) in [6.45, 7) is 0.171. The molecule has 1 aliphatic rings. The van der Waals surface area contributed by atoms with Gasteiger partial charge in [-0.2, -0.15) is 0 Å². The molecule has 16 heavy (non-hydrogen) atoms. The lowest BCUT2D eigenvalue weighted by molar-refractivity contribution is 0.255. The predicted molar refractivity (Wildman–Crippen MR) is 59.5 cm³/mol. The number of rotatable bonds is 2. The van der Waals surface area contributed by atoms with Crippen molar-refractivity contribution in [2.75, 3.05) is 6.61 Å². The minimum Gasteiger partial charge on any atom is -0.408 e. The molecule has 0 saturated heterocycles. The first-order chi connectivity index (χ1) is 7.66. The van der Waals surface area contributed by atoms with Crippen LogP contribution in [0.5, 0.6) is 0 Å². The van der Waals surface area contributed by atoms with Crippen molar-refractivity contribution < 1.29 is 9.52 Å². The Kier molecular flexibility index (Phi) is 1.80. The number of fused-ring (bicyclic) bond motifs is 1. The van der Waals surface area contributed by atoms with Gasteiger partial charge in [-0.3, -0.25) is 4.57 Å². The van der Waals surface area contributed by atoms with Crippen LogP contribution >= 0.6 is 0 Å². The van der Waals surface area contributed by atoms with Crippen molar-refractivity contribution in [3.05, 3.63) is 34.3 Å². The molecule has 1 N–H and O–H groups in total. The molecule has 0 amide bonds. The summed E-state index contributed by atoms with van der Waals surface area (Å²) in [5, 5.41) is 9.36. The first-order valence-electron chi connectivity index (χ1n) is 5.37. The number of aromatic nitrogens is 1. The summed E-state index contributed by atoms with van der Waals surface area (Å²) < 4.78 is 6.56. The Balaban J connectivity index is 2.23. The summed E-state index contributed by atoms with van der Waals surface area (Å²) in [7, 11) is 1.69. The van der Waals surface area contributed by atoms with E-state index in [0.717, 1.165) is 23.9 Å². The highest BCUT2D eigenvalue weighted by atomic mass is 16.4. The Labute approximate surface area is 92.1 Å². The highest BCUT2D eigenvalue weighted by molar-refractivity contribution is 5.74. The lowest BCUT2D eigenvalue weighted by atomic mass is 9.97. The number of nitrogens with zero attached hydrogens (tertiary/aromatic N) is 1. The van der Waals surface area contributed by atoms with E-state index in [4.69, 9.17) is 4.42 Å². The van der Waals surface area contributed by atoms with Gasteiger partial charge >= 0.3 is 5.76 Å². The first-order valence-corrected chi connectivity index (χ1v) is 5.37. The van der Waals surface area contributed by atoms with Gasteiger partial charge in [-0.1, -0.05) is 6.07 Å². The second-order valence-corrected chi connectivity index (χ2v) is 4.55. The van der Waals surface area contributed by atoms with Crippen LogP contribution in [0.3, 0.4) is 0 Å². The fraction of sp³-hybridized carbons (Fsp3) is 0.417. The molecule has 1 aliphatic carbocycles. The Morgan fingerprint density at radius 1 is 1.50 bits per heavy atom. The summed E-state index contributed by atoms with van der Waals surface area (Å²) >= 11 is 0. The van der Waals surface area contributed by atoms with Crippen LogP contribution in [0.15, 0.2) is 27.4 Å². The first kappa shape index (κ1) is 9.66. The van der Waals surface area contributed by atoms with Gasteiger partial charge in [0.15, 0.2) is 5.58 Å². The molecule has 4 nitrogen and oxygen atoms in total. The monoisotopic (exact) mass is 219 g/mol. The van der Waals surface area contributed by atoms with Crippen molar-refractivity contribution >= 4 is 11.1 Å². The SMILES string of the molecule is Cn1c(=O)oc2ccc(C3(CO)CC3)cc21. The van der Waals surface area contributed by atoms with Gasteiger partial charge in [0.2, 0.25) is 0 Å². The number of aliphatic hydroxyl groups is 1. The molecule has 1 heterocycles. The highest BCUT2D eigenvalue weighted by Crippen LogP contribution is 2.48. The molecule has 0 aliphatic heterocycles. The molecular weight excluding hydrogens is 206 g/mol. The van der Waals surface area contributed by atoms with Gasteiger partial charge < -0.3 is 9.52 Å². The number of hydrogen-bond donors (Lipinski definition) is 1. The smallest absolute Gasteiger partial charge is 0.408 e. The molecule has 84 valence electrons. The van der Waals surface area contributed by atoms with Gasteiger partial charge in [-0.25, -0.2) is 4.79 Å². The van der Waals surface area contributed by atoms with E-state index >= 15 is 0 Å². The Morgan fingerprint density at radius 3 is 2.88 bits per heavy atom. The molecule has 4 heteroatoms. The van der Waals surface area contributed by atoms with Gasteiger partial charge in [0.05, 0.1) is 12.1 Å². The molecule has 0 radical (unpaired) electrons. The van der Waals surface area contributed by atoms with E-state index in [9.17, 15) is 9.90 Å². The van der Waals surface area contributed by atoms with E-state index in [1.165, 1.54) is 4.57 Å². The second kappa shape index (κ2) is 2.98. The molecule has 2 aromatic rings. The molecule has 0 atom stereocenters. The molecule has 0 unspecified atom stereocenters. The van der Waals surface area contributed by atoms with Gasteiger partial charge in [0, 0.05) is 12.5 Å². The van der Waals surface area contributed by atoms with Crippen LogP contribution in [0.1, 0.15) is 18.4 Å². The summed E-state index contributed by atoms with van der Waals surface area (Å²) in [4.78, 5) is 11.3. The number of aliphatic hydroxyl groups excluding tert-OH is 1. The molecule has 0 bridgehead atoms. The molecular formula is C12H13NO3. The average molecular weight is 219 g/mol. The van der Waals surface area contributed by atoms with Crippen molar-refractivity contribution in [2.45, 2.75) is 18.3 Å². The number of benzene rings is 1. The van der Waals surface area contributed by atoms with Crippen LogP contribution in [0, 0.1) is 0 Å². The number of hydrogen-bond acceptors (Lipinski definition) is 3. The normalized spacial score (nSPS) is 17.9. The van der Waals surface area contributed by atoms with E-state index in [2.05, 4.69) is 0 Å². The van der Waals surface area contributed by atoms with Crippen LogP contribution in [-0.4, -0.2) is 16.3 Å². The second-order valence-electron chi connectivity index (χ2n) is 4.55. The predicted octanol–water partition coefficient (Wildman–Crippen LogP) is 1.16. The van der Waals surface area contributed by atoms with Crippen LogP contribution in [0.2, 0.25) is 0 Å². The topological polar surface area (TPSA) is 55.4 Å². The van der Waals surface area contributed by atoms with Crippen LogP contribution in [-0.2, 0) is 12.5 Å². The highest BCUT2D eigenvalue weighted by Gasteiger charge is 2.43. The zero-order chi connectivity index (χ0) is 11.3. The zero-order valence-electron chi connectivity index (χ0n) is 9.06. The third-order valence-corrected chi connectivity index (χ3v) is 3.56. The summed E-state index contributed by atoms with van der Waals surface area (Å²) in [5.41, 5.74) is 2.42. The van der Waals surface area contributed by atoms with Crippen molar-refractivity contribution in [3.63, 3.8) is 0 Å². The zero-order valence-corrected chi connectivity index (χ0v) is 9.06. The number of aryl methyl sites for hydroxylation is 1. The van der Waals surface area contributed by atoms with Gasteiger partial charge in [-0.15, -0.1) is 0 Å². The maximum absolute atomic E-state index is 11.3. The van der Waals surface area contributed by atoms with Crippen molar-refractivity contribution in [1.29, 1.82) is 0 Å². The van der Waals surface area contributed by atoms with Crippen LogP contribution in [0.4, 0.5) is 0 Å². The Bertz CT molecular complexity index is 604. The Hall–Kier alpha value is -1.55. The van der Waals surface area contributed by atoms with Crippen LogP contribution < -0.4 is 5.76 Å². The van der Waals surface area contributed by atoms with E-state index in [1.807, 2.05) is 18.2 Å². The fourth-order valence-electron chi connectivity index (χ4n) is 2.15. The minimum atomic E-state index is -0.346. The fourth-order valence-corrected chi connectivity index (χ4v) is 2.15. The standard InChI is InChI=1S/C12H13NO3/c1-13-9-6-8(12(7-14)4-5-12)2-3-10(9)16-11(13)15/h2-3,6,14H,4-5,7H2,1H3. The molecule has 1 fully saturated rings. The third-order valence-electron chi connectivity index (χ3n) is 3.56. The largest absolute Gasteiger partial charge is 0.419 e. The molecule has 3 rings (SSSR count). The summed E-state index contributed by atoms with van der Waals surface area (Å²) in [6.07, 6.45) is 2.03. The lowest BCUT2D eigenvalue weighted by Crippen LogP contribution is -2.12. The third kappa shape index (κ3) is 1.16. The van der Waals surface area contributed by atoms with Crippen molar-refractivity contribution in [1.82, 2.24) is 4.57 Å². The van der Waals surface area contributed by atoms with Crippen LogP contribution in [0.25, 0.3) is 11.1 Å².